The van der Waals surface area contributed by atoms with E-state index in [2.05, 4.69) is 11.4 Å². The Balaban J connectivity index is 1.95. The Bertz CT molecular complexity index is 1010. The molecule has 0 aliphatic carbocycles. The van der Waals surface area contributed by atoms with E-state index in [1.807, 2.05) is 49.4 Å². The first kappa shape index (κ1) is 19.0. The van der Waals surface area contributed by atoms with Crippen molar-refractivity contribution >= 4 is 11.6 Å². The van der Waals surface area contributed by atoms with E-state index in [-0.39, 0.29) is 5.91 Å². The summed E-state index contributed by atoms with van der Waals surface area (Å²) in [6.45, 7) is 1.93. The van der Waals surface area contributed by atoms with Gasteiger partial charge in [-0.3, -0.25) is 4.79 Å². The van der Waals surface area contributed by atoms with Crippen LogP contribution >= 0.6 is 0 Å². The molecule has 1 atom stereocenters. The number of amides is 1. The molecular weight excluding hydrogens is 352 g/mol. The lowest BCUT2D eigenvalue weighted by Crippen LogP contribution is -2.26. The van der Waals surface area contributed by atoms with Crippen LogP contribution in [0, 0.1) is 18.3 Å². The Kier molecular flexibility index (Phi) is 5.93. The summed E-state index contributed by atoms with van der Waals surface area (Å²) in [4.78, 5) is 13.1. The van der Waals surface area contributed by atoms with Gasteiger partial charge in [0.2, 0.25) is 6.10 Å². The average molecular weight is 372 g/mol. The molecule has 0 saturated heterocycles. The molecule has 140 valence electrons. The maximum absolute atomic E-state index is 13.1. The monoisotopic (exact) mass is 372 g/mol. The number of rotatable bonds is 6. The number of para-hydroxylation sites is 1. The number of ether oxygens (including phenoxy) is 2. The Morgan fingerprint density at radius 3 is 2.43 bits per heavy atom. The van der Waals surface area contributed by atoms with Crippen molar-refractivity contribution < 1.29 is 14.3 Å². The molecule has 0 bridgehead atoms. The van der Waals surface area contributed by atoms with E-state index < -0.39 is 6.10 Å². The van der Waals surface area contributed by atoms with Gasteiger partial charge >= 0.3 is 0 Å². The van der Waals surface area contributed by atoms with Crippen LogP contribution in [0.3, 0.4) is 0 Å². The normalized spacial score (nSPS) is 11.2. The summed E-state index contributed by atoms with van der Waals surface area (Å²) < 4.78 is 11.3. The largest absolute Gasteiger partial charge is 0.495 e. The molecule has 0 saturated carbocycles. The van der Waals surface area contributed by atoms with Gasteiger partial charge < -0.3 is 14.8 Å². The molecule has 1 unspecified atom stereocenters. The highest BCUT2D eigenvalue weighted by atomic mass is 16.5. The van der Waals surface area contributed by atoms with Crippen molar-refractivity contribution in [3.8, 4) is 17.6 Å². The molecular formula is C23H20N2O3. The number of hydrogen-bond acceptors (Lipinski definition) is 4. The van der Waals surface area contributed by atoms with Crippen LogP contribution in [0.4, 0.5) is 5.69 Å². The second-order valence-electron chi connectivity index (χ2n) is 6.21. The number of anilines is 1. The van der Waals surface area contributed by atoms with E-state index in [1.165, 1.54) is 0 Å². The van der Waals surface area contributed by atoms with Gasteiger partial charge in [0, 0.05) is 5.56 Å². The van der Waals surface area contributed by atoms with E-state index in [0.29, 0.717) is 28.3 Å². The van der Waals surface area contributed by atoms with Crippen LogP contribution in [-0.2, 0) is 4.79 Å². The molecule has 0 spiro atoms. The van der Waals surface area contributed by atoms with E-state index in [4.69, 9.17) is 9.47 Å². The number of benzene rings is 3. The number of aryl methyl sites for hydroxylation is 1. The molecule has 28 heavy (non-hydrogen) atoms. The fraction of sp³-hybridized carbons (Fsp3) is 0.130. The fourth-order valence-electron chi connectivity index (χ4n) is 2.81. The third-order valence-corrected chi connectivity index (χ3v) is 4.21. The lowest BCUT2D eigenvalue weighted by atomic mass is 10.1. The van der Waals surface area contributed by atoms with Gasteiger partial charge in [-0.05, 0) is 36.8 Å². The molecule has 0 aromatic heterocycles. The summed E-state index contributed by atoms with van der Waals surface area (Å²) in [5, 5.41) is 12.2. The topological polar surface area (TPSA) is 71.3 Å². The molecule has 5 heteroatoms. The molecule has 0 heterocycles. The second kappa shape index (κ2) is 8.74. The molecule has 0 fully saturated rings. The first-order chi connectivity index (χ1) is 13.6. The summed E-state index contributed by atoms with van der Waals surface area (Å²) in [6.07, 6.45) is -0.930. The van der Waals surface area contributed by atoms with Gasteiger partial charge in [0.25, 0.3) is 5.91 Å². The standard InChI is InChI=1S/C23H20N2O3/c1-16-12-13-21(27-2)19(14-16)25-23(26)22(17-8-4-3-5-9-17)28-20-11-7-6-10-18(20)15-24/h3-14,22H,1-2H3,(H,25,26). The van der Waals surface area contributed by atoms with Gasteiger partial charge in [0.15, 0.2) is 0 Å². The molecule has 0 aliphatic heterocycles. The Hall–Kier alpha value is -3.78. The van der Waals surface area contributed by atoms with E-state index in [1.54, 1.807) is 37.4 Å². The molecule has 0 radical (unpaired) electrons. The second-order valence-corrected chi connectivity index (χ2v) is 6.21. The molecule has 3 rings (SSSR count). The van der Waals surface area contributed by atoms with Crippen LogP contribution < -0.4 is 14.8 Å². The smallest absolute Gasteiger partial charge is 0.270 e. The van der Waals surface area contributed by atoms with Gasteiger partial charge in [0.1, 0.15) is 17.6 Å². The highest BCUT2D eigenvalue weighted by molar-refractivity contribution is 5.96. The zero-order valence-electron chi connectivity index (χ0n) is 15.7. The van der Waals surface area contributed by atoms with Crippen molar-refractivity contribution in [3.63, 3.8) is 0 Å². The predicted molar refractivity (Wildman–Crippen MR) is 107 cm³/mol. The fourth-order valence-corrected chi connectivity index (χ4v) is 2.81. The number of nitrogens with one attached hydrogen (secondary N) is 1. The van der Waals surface area contributed by atoms with Crippen LogP contribution in [0.25, 0.3) is 0 Å². The Morgan fingerprint density at radius 1 is 1.00 bits per heavy atom. The van der Waals surface area contributed by atoms with Crippen molar-refractivity contribution in [1.29, 1.82) is 5.26 Å². The predicted octanol–water partition coefficient (Wildman–Crippen LogP) is 4.63. The van der Waals surface area contributed by atoms with Crippen LogP contribution in [-0.4, -0.2) is 13.0 Å². The lowest BCUT2D eigenvalue weighted by molar-refractivity contribution is -0.123. The quantitative estimate of drug-likeness (QED) is 0.684. The van der Waals surface area contributed by atoms with Crippen LogP contribution in [0.2, 0.25) is 0 Å². The first-order valence-corrected chi connectivity index (χ1v) is 8.78. The lowest BCUT2D eigenvalue weighted by Gasteiger charge is -2.20. The molecule has 3 aromatic rings. The minimum atomic E-state index is -0.930. The van der Waals surface area contributed by atoms with Gasteiger partial charge in [-0.15, -0.1) is 0 Å². The summed E-state index contributed by atoms with van der Waals surface area (Å²) in [6, 6.07) is 23.6. The van der Waals surface area contributed by atoms with E-state index >= 15 is 0 Å². The SMILES string of the molecule is COc1ccc(C)cc1NC(=O)C(Oc1ccccc1C#N)c1ccccc1. The first-order valence-electron chi connectivity index (χ1n) is 8.78. The van der Waals surface area contributed by atoms with Crippen LogP contribution in [0.15, 0.2) is 72.8 Å². The number of methoxy groups -OCH3 is 1. The summed E-state index contributed by atoms with van der Waals surface area (Å²) in [5.74, 6) is 0.552. The number of hydrogen-bond donors (Lipinski definition) is 1. The zero-order valence-corrected chi connectivity index (χ0v) is 15.7. The summed E-state index contributed by atoms with van der Waals surface area (Å²) >= 11 is 0. The van der Waals surface area contributed by atoms with E-state index in [0.717, 1.165) is 5.56 Å². The van der Waals surface area contributed by atoms with Crippen molar-refractivity contribution in [1.82, 2.24) is 0 Å². The summed E-state index contributed by atoms with van der Waals surface area (Å²) in [7, 11) is 1.55. The number of nitriles is 1. The number of carbonyl (C=O) groups is 1. The number of nitrogens with zero attached hydrogens (tertiary/aromatic N) is 1. The average Bonchev–Trinajstić information content (AvgIpc) is 2.73. The molecule has 3 aromatic carbocycles. The zero-order chi connectivity index (χ0) is 19.9. The minimum absolute atomic E-state index is 0.352. The molecule has 5 nitrogen and oxygen atoms in total. The van der Waals surface area contributed by atoms with Gasteiger partial charge in [-0.25, -0.2) is 0 Å². The van der Waals surface area contributed by atoms with Crippen molar-refractivity contribution in [2.45, 2.75) is 13.0 Å². The van der Waals surface area contributed by atoms with Crippen LogP contribution in [0.5, 0.6) is 11.5 Å². The third kappa shape index (κ3) is 4.30. The maximum Gasteiger partial charge on any atom is 0.270 e. The van der Waals surface area contributed by atoms with Crippen molar-refractivity contribution in [2.24, 2.45) is 0 Å². The van der Waals surface area contributed by atoms with Gasteiger partial charge in [0.05, 0.1) is 18.4 Å². The highest BCUT2D eigenvalue weighted by Gasteiger charge is 2.24. The van der Waals surface area contributed by atoms with Gasteiger partial charge in [-0.1, -0.05) is 48.5 Å². The maximum atomic E-state index is 13.1. The molecule has 0 aliphatic rings. The summed E-state index contributed by atoms with van der Waals surface area (Å²) in [5.41, 5.74) is 2.59. The molecule has 1 amide bonds. The highest BCUT2D eigenvalue weighted by Crippen LogP contribution is 2.29. The Morgan fingerprint density at radius 2 is 1.71 bits per heavy atom. The Labute approximate surface area is 164 Å². The molecule has 1 N–H and O–H groups in total. The minimum Gasteiger partial charge on any atom is -0.495 e. The van der Waals surface area contributed by atoms with Crippen LogP contribution in [0.1, 0.15) is 22.8 Å². The third-order valence-electron chi connectivity index (χ3n) is 4.21. The number of carbonyl (C=O) groups excluding carboxylic acids is 1. The van der Waals surface area contributed by atoms with Gasteiger partial charge in [-0.2, -0.15) is 5.26 Å². The van der Waals surface area contributed by atoms with E-state index in [9.17, 15) is 10.1 Å². The van der Waals surface area contributed by atoms with Crippen molar-refractivity contribution in [2.75, 3.05) is 12.4 Å². The van der Waals surface area contributed by atoms with Crippen molar-refractivity contribution in [3.05, 3.63) is 89.5 Å².